The van der Waals surface area contributed by atoms with Crippen molar-refractivity contribution in [1.29, 1.82) is 0 Å². The molecule has 1 amide bonds. The summed E-state index contributed by atoms with van der Waals surface area (Å²) in [4.78, 5) is 14.5. The molecule has 0 atom stereocenters. The zero-order chi connectivity index (χ0) is 19.2. The van der Waals surface area contributed by atoms with Gasteiger partial charge in [-0.3, -0.25) is 9.69 Å². The van der Waals surface area contributed by atoms with Crippen LogP contribution in [0, 0.1) is 0 Å². The molecule has 2 aromatic rings. The van der Waals surface area contributed by atoms with Gasteiger partial charge in [-0.2, -0.15) is 0 Å². The third kappa shape index (κ3) is 4.71. The van der Waals surface area contributed by atoms with Crippen LogP contribution in [0.25, 0.3) is 0 Å². The fourth-order valence-corrected chi connectivity index (χ4v) is 3.28. The first kappa shape index (κ1) is 19.0. The van der Waals surface area contributed by atoms with E-state index in [0.29, 0.717) is 13.1 Å². The second kappa shape index (κ2) is 8.77. The normalized spacial score (nSPS) is 13.6. The summed E-state index contributed by atoms with van der Waals surface area (Å²) in [6, 6.07) is 11.7. The highest BCUT2D eigenvalue weighted by Crippen LogP contribution is 2.33. The van der Waals surface area contributed by atoms with Crippen molar-refractivity contribution in [1.82, 2.24) is 10.2 Å². The maximum Gasteiger partial charge on any atom is 0.234 e. The summed E-state index contributed by atoms with van der Waals surface area (Å²) in [5, 5.41) is 2.98. The van der Waals surface area contributed by atoms with Gasteiger partial charge >= 0.3 is 0 Å². The highest BCUT2D eigenvalue weighted by atomic mass is 16.5. The predicted octanol–water partition coefficient (Wildman–Crippen LogP) is 2.39. The van der Waals surface area contributed by atoms with Gasteiger partial charge in [-0.15, -0.1) is 0 Å². The van der Waals surface area contributed by atoms with E-state index in [-0.39, 0.29) is 5.91 Å². The number of rotatable bonds is 7. The molecule has 1 N–H and O–H groups in total. The largest absolute Gasteiger partial charge is 0.497 e. The molecule has 0 aliphatic carbocycles. The van der Waals surface area contributed by atoms with Crippen molar-refractivity contribution in [3.8, 4) is 17.2 Å². The molecule has 1 aliphatic heterocycles. The average Bonchev–Trinajstić information content (AvgIpc) is 2.71. The van der Waals surface area contributed by atoms with E-state index in [0.717, 1.165) is 42.3 Å². The molecule has 0 fully saturated rings. The van der Waals surface area contributed by atoms with Gasteiger partial charge in [-0.25, -0.2) is 0 Å². The van der Waals surface area contributed by atoms with E-state index in [4.69, 9.17) is 14.2 Å². The number of carbonyl (C=O) groups is 1. The lowest BCUT2D eigenvalue weighted by molar-refractivity contribution is -0.122. The van der Waals surface area contributed by atoms with Crippen molar-refractivity contribution >= 4 is 5.91 Å². The predicted molar refractivity (Wildman–Crippen MR) is 103 cm³/mol. The SMILES string of the molecule is COc1ccc(CNC(=O)CN2CCc3cc(OC)c(OC)cc3C2)cc1. The molecule has 3 rings (SSSR count). The number of ether oxygens (including phenoxy) is 3. The minimum Gasteiger partial charge on any atom is -0.497 e. The van der Waals surface area contributed by atoms with Crippen LogP contribution >= 0.6 is 0 Å². The Kier molecular flexibility index (Phi) is 6.19. The van der Waals surface area contributed by atoms with Crippen LogP contribution in [-0.4, -0.2) is 45.2 Å². The summed E-state index contributed by atoms with van der Waals surface area (Å²) >= 11 is 0. The van der Waals surface area contributed by atoms with Gasteiger partial charge in [-0.05, 0) is 47.4 Å². The number of nitrogens with zero attached hydrogens (tertiary/aromatic N) is 1. The van der Waals surface area contributed by atoms with Crippen LogP contribution in [0.15, 0.2) is 36.4 Å². The van der Waals surface area contributed by atoms with E-state index in [1.807, 2.05) is 36.4 Å². The van der Waals surface area contributed by atoms with E-state index < -0.39 is 0 Å². The molecule has 1 aliphatic rings. The van der Waals surface area contributed by atoms with Gasteiger partial charge in [0.2, 0.25) is 5.91 Å². The summed E-state index contributed by atoms with van der Waals surface area (Å²) in [6.45, 7) is 2.46. The van der Waals surface area contributed by atoms with E-state index in [1.54, 1.807) is 21.3 Å². The second-order valence-corrected chi connectivity index (χ2v) is 6.56. The number of benzene rings is 2. The van der Waals surface area contributed by atoms with Crippen LogP contribution in [0.5, 0.6) is 17.2 Å². The zero-order valence-corrected chi connectivity index (χ0v) is 16.1. The van der Waals surface area contributed by atoms with Crippen LogP contribution in [0.2, 0.25) is 0 Å². The Balaban J connectivity index is 1.55. The van der Waals surface area contributed by atoms with Gasteiger partial charge in [0, 0.05) is 19.6 Å². The smallest absolute Gasteiger partial charge is 0.234 e. The minimum atomic E-state index is 0.0229. The molecule has 0 spiro atoms. The number of fused-ring (bicyclic) bond motifs is 1. The van der Waals surface area contributed by atoms with E-state index in [2.05, 4.69) is 10.2 Å². The topological polar surface area (TPSA) is 60.0 Å². The molecule has 0 saturated carbocycles. The minimum absolute atomic E-state index is 0.0229. The molecule has 0 unspecified atom stereocenters. The molecule has 2 aromatic carbocycles. The quantitative estimate of drug-likeness (QED) is 0.811. The number of carbonyl (C=O) groups excluding carboxylic acids is 1. The Morgan fingerprint density at radius 2 is 1.67 bits per heavy atom. The maximum atomic E-state index is 12.3. The van der Waals surface area contributed by atoms with Crippen molar-refractivity contribution in [3.05, 3.63) is 53.1 Å². The Hall–Kier alpha value is -2.73. The fraction of sp³-hybridized carbons (Fsp3) is 0.381. The molecule has 0 aromatic heterocycles. The van der Waals surface area contributed by atoms with Gasteiger partial charge < -0.3 is 19.5 Å². The standard InChI is InChI=1S/C21H26N2O4/c1-25-18-6-4-15(5-7-18)12-22-21(24)14-23-9-8-16-10-19(26-2)20(27-3)11-17(16)13-23/h4-7,10-11H,8-9,12-14H2,1-3H3,(H,22,24). The summed E-state index contributed by atoms with van der Waals surface area (Å²) in [5.74, 6) is 2.31. The first-order valence-corrected chi connectivity index (χ1v) is 8.98. The molecule has 6 heteroatoms. The Bertz CT molecular complexity index is 790. The van der Waals surface area contributed by atoms with Gasteiger partial charge in [0.05, 0.1) is 27.9 Å². The molecular weight excluding hydrogens is 344 g/mol. The average molecular weight is 370 g/mol. The molecule has 6 nitrogen and oxygen atoms in total. The Morgan fingerprint density at radius 1 is 1.00 bits per heavy atom. The van der Waals surface area contributed by atoms with E-state index in [1.165, 1.54) is 11.1 Å². The number of nitrogens with one attached hydrogen (secondary N) is 1. The van der Waals surface area contributed by atoms with Crippen LogP contribution in [0.4, 0.5) is 0 Å². The lowest BCUT2D eigenvalue weighted by atomic mass is 9.99. The fourth-order valence-electron chi connectivity index (χ4n) is 3.28. The van der Waals surface area contributed by atoms with Crippen molar-refractivity contribution in [2.24, 2.45) is 0 Å². The molecule has 27 heavy (non-hydrogen) atoms. The van der Waals surface area contributed by atoms with E-state index >= 15 is 0 Å². The molecule has 0 saturated heterocycles. The summed E-state index contributed by atoms with van der Waals surface area (Å²) in [5.41, 5.74) is 3.48. The lowest BCUT2D eigenvalue weighted by Gasteiger charge is -2.29. The van der Waals surface area contributed by atoms with Crippen molar-refractivity contribution in [2.75, 3.05) is 34.4 Å². The molecule has 0 radical (unpaired) electrons. The number of hydrogen-bond donors (Lipinski definition) is 1. The van der Waals surface area contributed by atoms with Crippen LogP contribution in [0.1, 0.15) is 16.7 Å². The molecule has 0 bridgehead atoms. The highest BCUT2D eigenvalue weighted by Gasteiger charge is 2.21. The van der Waals surface area contributed by atoms with Gasteiger partial charge in [0.15, 0.2) is 11.5 Å². The Morgan fingerprint density at radius 3 is 2.30 bits per heavy atom. The molecule has 144 valence electrons. The number of amides is 1. The second-order valence-electron chi connectivity index (χ2n) is 6.56. The summed E-state index contributed by atoms with van der Waals surface area (Å²) < 4.78 is 15.9. The number of methoxy groups -OCH3 is 3. The maximum absolute atomic E-state index is 12.3. The monoisotopic (exact) mass is 370 g/mol. The van der Waals surface area contributed by atoms with Crippen molar-refractivity contribution < 1.29 is 19.0 Å². The number of hydrogen-bond acceptors (Lipinski definition) is 5. The first-order chi connectivity index (χ1) is 13.1. The van der Waals surface area contributed by atoms with Gasteiger partial charge in [0.1, 0.15) is 5.75 Å². The van der Waals surface area contributed by atoms with Crippen LogP contribution in [0.3, 0.4) is 0 Å². The highest BCUT2D eigenvalue weighted by molar-refractivity contribution is 5.78. The summed E-state index contributed by atoms with van der Waals surface area (Å²) in [7, 11) is 4.92. The van der Waals surface area contributed by atoms with Gasteiger partial charge in [0.25, 0.3) is 0 Å². The van der Waals surface area contributed by atoms with Crippen molar-refractivity contribution in [3.63, 3.8) is 0 Å². The Labute approximate surface area is 160 Å². The van der Waals surface area contributed by atoms with Crippen LogP contribution in [-0.2, 0) is 24.3 Å². The third-order valence-corrected chi connectivity index (χ3v) is 4.81. The van der Waals surface area contributed by atoms with E-state index in [9.17, 15) is 4.79 Å². The first-order valence-electron chi connectivity index (χ1n) is 8.98. The van der Waals surface area contributed by atoms with Crippen LogP contribution < -0.4 is 19.5 Å². The van der Waals surface area contributed by atoms with Gasteiger partial charge in [-0.1, -0.05) is 12.1 Å². The summed E-state index contributed by atoms with van der Waals surface area (Å²) in [6.07, 6.45) is 0.890. The lowest BCUT2D eigenvalue weighted by Crippen LogP contribution is -2.39. The molecular formula is C21H26N2O4. The zero-order valence-electron chi connectivity index (χ0n) is 16.1. The van der Waals surface area contributed by atoms with Crippen molar-refractivity contribution in [2.45, 2.75) is 19.5 Å². The third-order valence-electron chi connectivity index (χ3n) is 4.81. The molecule has 1 heterocycles.